The number of likely N-dealkylation sites (tertiary alicyclic amines) is 1. The van der Waals surface area contributed by atoms with Crippen molar-refractivity contribution >= 4 is 12.1 Å². The lowest BCUT2D eigenvalue weighted by molar-refractivity contribution is -0.149. The highest BCUT2D eigenvalue weighted by Crippen LogP contribution is 2.23. The number of methoxy groups -OCH3 is 2. The quantitative estimate of drug-likeness (QED) is 0.818. The van der Waals surface area contributed by atoms with E-state index in [1.165, 1.54) is 14.2 Å². The third kappa shape index (κ3) is 3.37. The van der Waals surface area contributed by atoms with Gasteiger partial charge in [0.1, 0.15) is 18.8 Å². The molecule has 1 fully saturated rings. The number of hydrogen-bond acceptors (Lipinski definition) is 6. The third-order valence-electron chi connectivity index (χ3n) is 3.56. The second kappa shape index (κ2) is 7.24. The van der Waals surface area contributed by atoms with Crippen LogP contribution < -0.4 is 0 Å². The lowest BCUT2D eigenvalue weighted by Crippen LogP contribution is -2.46. The van der Waals surface area contributed by atoms with Gasteiger partial charge in [-0.1, -0.05) is 30.3 Å². The number of esters is 1. The summed E-state index contributed by atoms with van der Waals surface area (Å²) >= 11 is 0. The molecule has 22 heavy (non-hydrogen) atoms. The molecule has 1 heterocycles. The van der Waals surface area contributed by atoms with Crippen molar-refractivity contribution in [2.45, 2.75) is 24.9 Å². The molecule has 0 radical (unpaired) electrons. The van der Waals surface area contributed by atoms with Gasteiger partial charge in [0.05, 0.1) is 13.7 Å². The Labute approximate surface area is 128 Å². The highest BCUT2D eigenvalue weighted by molar-refractivity contribution is 5.83. The molecule has 1 amide bonds. The van der Waals surface area contributed by atoms with Crippen LogP contribution in [0.1, 0.15) is 5.56 Å². The number of nitrogens with zero attached hydrogens (tertiary/aromatic N) is 1. The smallest absolute Gasteiger partial charge is 0.411 e. The molecule has 120 valence electrons. The van der Waals surface area contributed by atoms with Crippen LogP contribution in [0.4, 0.5) is 4.79 Å². The third-order valence-corrected chi connectivity index (χ3v) is 3.56. The summed E-state index contributed by atoms with van der Waals surface area (Å²) in [6, 6.07) is 8.15. The second-order valence-corrected chi connectivity index (χ2v) is 4.93. The first kappa shape index (κ1) is 16.3. The Morgan fingerprint density at radius 3 is 2.55 bits per heavy atom. The minimum absolute atomic E-state index is 0.0497. The zero-order chi connectivity index (χ0) is 16.1. The molecule has 1 aliphatic rings. The number of hydrogen-bond donors (Lipinski definition) is 1. The van der Waals surface area contributed by atoms with E-state index in [0.717, 1.165) is 10.5 Å². The van der Waals surface area contributed by atoms with E-state index in [-0.39, 0.29) is 13.2 Å². The van der Waals surface area contributed by atoms with Crippen molar-refractivity contribution in [2.24, 2.45) is 0 Å². The Morgan fingerprint density at radius 1 is 1.27 bits per heavy atom. The Kier molecular flexibility index (Phi) is 5.35. The van der Waals surface area contributed by atoms with Crippen molar-refractivity contribution in [1.29, 1.82) is 0 Å². The summed E-state index contributed by atoms with van der Waals surface area (Å²) in [4.78, 5) is 25.2. The summed E-state index contributed by atoms with van der Waals surface area (Å²) < 4.78 is 15.0. The summed E-state index contributed by atoms with van der Waals surface area (Å²) in [5.41, 5.74) is 0.827. The van der Waals surface area contributed by atoms with E-state index in [1.807, 2.05) is 30.3 Å². The zero-order valence-electron chi connectivity index (χ0n) is 12.5. The van der Waals surface area contributed by atoms with Crippen LogP contribution in [0.3, 0.4) is 0 Å². The molecule has 0 unspecified atom stereocenters. The molecule has 1 aromatic carbocycles. The Balaban J connectivity index is 2.05. The van der Waals surface area contributed by atoms with Gasteiger partial charge in [-0.05, 0) is 5.56 Å². The van der Waals surface area contributed by atoms with Gasteiger partial charge in [-0.3, -0.25) is 4.90 Å². The summed E-state index contributed by atoms with van der Waals surface area (Å²) in [7, 11) is 2.58. The summed E-state index contributed by atoms with van der Waals surface area (Å²) in [5.74, 6) is -0.653. The predicted octanol–water partition coefficient (Wildman–Crippen LogP) is 0.556. The van der Waals surface area contributed by atoms with Crippen molar-refractivity contribution in [1.82, 2.24) is 4.90 Å². The summed E-state index contributed by atoms with van der Waals surface area (Å²) in [5, 5.41) is 9.93. The van der Waals surface area contributed by atoms with E-state index >= 15 is 0 Å². The van der Waals surface area contributed by atoms with Crippen molar-refractivity contribution in [3.63, 3.8) is 0 Å². The Bertz CT molecular complexity index is 520. The van der Waals surface area contributed by atoms with E-state index in [4.69, 9.17) is 9.47 Å². The average Bonchev–Trinajstić information content (AvgIpc) is 2.89. The fourth-order valence-electron chi connectivity index (χ4n) is 2.47. The number of benzene rings is 1. The number of rotatable bonds is 4. The van der Waals surface area contributed by atoms with E-state index in [9.17, 15) is 14.7 Å². The molecule has 0 bridgehead atoms. The number of amides is 1. The number of carbonyl (C=O) groups excluding carboxylic acids is 2. The van der Waals surface area contributed by atoms with Crippen LogP contribution in [0.25, 0.3) is 0 Å². The van der Waals surface area contributed by atoms with Gasteiger partial charge in [-0.25, -0.2) is 9.59 Å². The second-order valence-electron chi connectivity index (χ2n) is 4.93. The SMILES string of the molecule is COC(=O)[C@H]1[C@@H](OC)[C@H](O)CN1C(=O)OCc1ccccc1. The maximum Gasteiger partial charge on any atom is 0.411 e. The van der Waals surface area contributed by atoms with Gasteiger partial charge in [0.25, 0.3) is 0 Å². The molecule has 3 atom stereocenters. The summed E-state index contributed by atoms with van der Waals surface area (Å²) in [6.07, 6.45) is -2.51. The van der Waals surface area contributed by atoms with Crippen LogP contribution in [-0.2, 0) is 25.6 Å². The van der Waals surface area contributed by atoms with Gasteiger partial charge in [-0.15, -0.1) is 0 Å². The Hall–Kier alpha value is -2.12. The van der Waals surface area contributed by atoms with Gasteiger partial charge in [0, 0.05) is 7.11 Å². The fourth-order valence-corrected chi connectivity index (χ4v) is 2.47. The minimum Gasteiger partial charge on any atom is -0.467 e. The predicted molar refractivity (Wildman–Crippen MR) is 75.9 cm³/mol. The number of aliphatic hydroxyl groups excluding tert-OH is 1. The van der Waals surface area contributed by atoms with E-state index < -0.39 is 30.3 Å². The normalized spacial score (nSPS) is 24.1. The van der Waals surface area contributed by atoms with Crippen LogP contribution in [0, 0.1) is 0 Å². The number of carbonyl (C=O) groups is 2. The molecule has 1 aromatic rings. The molecule has 1 saturated heterocycles. The lowest BCUT2D eigenvalue weighted by Gasteiger charge is -2.24. The van der Waals surface area contributed by atoms with Crippen LogP contribution in [0.2, 0.25) is 0 Å². The molecular formula is C15H19NO6. The standard InChI is InChI=1S/C15H19NO6/c1-20-13-11(17)8-16(12(13)14(18)21-2)15(19)22-9-10-6-4-3-5-7-10/h3-7,11-13,17H,8-9H2,1-2H3/t11-,12-,13+/m1/s1. The first-order valence-corrected chi connectivity index (χ1v) is 6.84. The molecule has 7 nitrogen and oxygen atoms in total. The van der Waals surface area contributed by atoms with Crippen LogP contribution in [0.5, 0.6) is 0 Å². The van der Waals surface area contributed by atoms with E-state index in [2.05, 4.69) is 4.74 Å². The first-order valence-electron chi connectivity index (χ1n) is 6.84. The number of β-amino-alcohol motifs (C(OH)–C–C–N with tert-alkyl or cyclic N) is 1. The molecule has 0 saturated carbocycles. The minimum atomic E-state index is -1.02. The van der Waals surface area contributed by atoms with E-state index in [0.29, 0.717) is 0 Å². The first-order chi connectivity index (χ1) is 10.6. The fraction of sp³-hybridized carbons (Fsp3) is 0.467. The van der Waals surface area contributed by atoms with E-state index in [1.54, 1.807) is 0 Å². The van der Waals surface area contributed by atoms with Crippen LogP contribution in [-0.4, -0.2) is 61.1 Å². The lowest BCUT2D eigenvalue weighted by atomic mass is 10.1. The highest BCUT2D eigenvalue weighted by Gasteiger charge is 2.49. The molecule has 7 heteroatoms. The molecule has 2 rings (SSSR count). The number of ether oxygens (including phenoxy) is 3. The van der Waals surface area contributed by atoms with Crippen molar-refractivity contribution in [2.75, 3.05) is 20.8 Å². The average molecular weight is 309 g/mol. The largest absolute Gasteiger partial charge is 0.467 e. The summed E-state index contributed by atoms with van der Waals surface area (Å²) in [6.45, 7) is 0.0315. The highest BCUT2D eigenvalue weighted by atomic mass is 16.6. The van der Waals surface area contributed by atoms with Crippen LogP contribution in [0.15, 0.2) is 30.3 Å². The molecule has 0 aromatic heterocycles. The van der Waals surface area contributed by atoms with Gasteiger partial charge in [-0.2, -0.15) is 0 Å². The molecule has 1 N–H and O–H groups in total. The van der Waals surface area contributed by atoms with Crippen molar-refractivity contribution in [3.05, 3.63) is 35.9 Å². The van der Waals surface area contributed by atoms with Crippen LogP contribution >= 0.6 is 0 Å². The maximum atomic E-state index is 12.2. The number of aliphatic hydroxyl groups is 1. The maximum absolute atomic E-state index is 12.2. The van der Waals surface area contributed by atoms with Gasteiger partial charge >= 0.3 is 12.1 Å². The van der Waals surface area contributed by atoms with Gasteiger partial charge in [0.15, 0.2) is 6.04 Å². The molecule has 1 aliphatic heterocycles. The molecular weight excluding hydrogens is 290 g/mol. The molecule has 0 spiro atoms. The monoisotopic (exact) mass is 309 g/mol. The zero-order valence-corrected chi connectivity index (χ0v) is 12.5. The van der Waals surface area contributed by atoms with Gasteiger partial charge in [0.2, 0.25) is 0 Å². The van der Waals surface area contributed by atoms with Crippen molar-refractivity contribution in [3.8, 4) is 0 Å². The van der Waals surface area contributed by atoms with Gasteiger partial charge < -0.3 is 19.3 Å². The topological polar surface area (TPSA) is 85.3 Å². The molecule has 0 aliphatic carbocycles. The van der Waals surface area contributed by atoms with Crippen molar-refractivity contribution < 1.29 is 28.9 Å². The Morgan fingerprint density at radius 2 is 1.95 bits per heavy atom.